The lowest BCUT2D eigenvalue weighted by atomic mass is 10.0. The Morgan fingerprint density at radius 3 is 2.50 bits per heavy atom. The maximum Gasteiger partial charge on any atom is 0.242 e. The van der Waals surface area contributed by atoms with Gasteiger partial charge < -0.3 is 10.2 Å². The zero-order chi connectivity index (χ0) is 17.5. The number of nitrogens with zero attached hydrogens (tertiary/aromatic N) is 2. The molecule has 0 radical (unpaired) electrons. The first-order valence-electron chi connectivity index (χ1n) is 9.36. The zero-order valence-electron chi connectivity index (χ0n) is 15.7. The first-order chi connectivity index (χ1) is 11.5. The van der Waals surface area contributed by atoms with E-state index in [1.165, 1.54) is 6.42 Å². The van der Waals surface area contributed by atoms with Crippen molar-refractivity contribution in [3.05, 3.63) is 35.9 Å². The molecule has 1 aromatic carbocycles. The fourth-order valence-corrected chi connectivity index (χ4v) is 3.62. The van der Waals surface area contributed by atoms with Crippen LogP contribution in [0.1, 0.15) is 45.7 Å². The molecule has 1 heterocycles. The number of rotatable bonds is 8. The minimum Gasteiger partial charge on any atom is -0.352 e. The van der Waals surface area contributed by atoms with Crippen LogP contribution < -0.4 is 5.32 Å². The van der Waals surface area contributed by atoms with E-state index in [1.807, 2.05) is 32.0 Å². The largest absolute Gasteiger partial charge is 0.352 e. The van der Waals surface area contributed by atoms with E-state index in [9.17, 15) is 4.79 Å². The highest BCUT2D eigenvalue weighted by Gasteiger charge is 2.34. The highest BCUT2D eigenvalue weighted by Crippen LogP contribution is 2.28. The Bertz CT molecular complexity index is 499. The predicted molar refractivity (Wildman–Crippen MR) is 99.9 cm³/mol. The molecule has 1 aromatic rings. The Morgan fingerprint density at radius 1 is 1.25 bits per heavy atom. The van der Waals surface area contributed by atoms with Crippen LogP contribution in [-0.2, 0) is 4.79 Å². The number of amides is 1. The molecule has 2 rings (SSSR count). The van der Waals surface area contributed by atoms with Crippen molar-refractivity contribution < 1.29 is 4.79 Å². The second-order valence-corrected chi connectivity index (χ2v) is 7.11. The van der Waals surface area contributed by atoms with Gasteiger partial charge in [-0.1, -0.05) is 44.2 Å². The topological polar surface area (TPSA) is 35.6 Å². The highest BCUT2D eigenvalue weighted by atomic mass is 16.2. The van der Waals surface area contributed by atoms with Crippen LogP contribution in [0.2, 0.25) is 0 Å². The van der Waals surface area contributed by atoms with Crippen molar-refractivity contribution >= 4 is 5.91 Å². The van der Waals surface area contributed by atoms with E-state index < -0.39 is 0 Å². The fraction of sp³-hybridized carbons (Fsp3) is 0.650. The normalized spacial score (nSPS) is 19.8. The molecule has 2 atom stereocenters. The Balaban J connectivity index is 2.09. The molecule has 1 aliphatic heterocycles. The average Bonchev–Trinajstić information content (AvgIpc) is 3.01. The summed E-state index contributed by atoms with van der Waals surface area (Å²) >= 11 is 0. The van der Waals surface area contributed by atoms with Crippen molar-refractivity contribution in [2.75, 3.05) is 32.7 Å². The second kappa shape index (κ2) is 9.19. The summed E-state index contributed by atoms with van der Waals surface area (Å²) < 4.78 is 0. The van der Waals surface area contributed by atoms with E-state index in [0.717, 1.165) is 38.3 Å². The van der Waals surface area contributed by atoms with Gasteiger partial charge in [0.15, 0.2) is 0 Å². The number of hydrogen-bond donors (Lipinski definition) is 1. The SMILES string of the molecule is CCN(CC)C[C@H]1CCN([C@@H](C(=O)NC(C)C)c2ccccc2)C1. The van der Waals surface area contributed by atoms with E-state index >= 15 is 0 Å². The monoisotopic (exact) mass is 331 g/mol. The van der Waals surface area contributed by atoms with Crippen LogP contribution in [0.25, 0.3) is 0 Å². The van der Waals surface area contributed by atoms with Crippen LogP contribution in [0.5, 0.6) is 0 Å². The lowest BCUT2D eigenvalue weighted by molar-refractivity contribution is -0.126. The fourth-order valence-electron chi connectivity index (χ4n) is 3.62. The summed E-state index contributed by atoms with van der Waals surface area (Å²) in [6, 6.07) is 10.2. The molecule has 0 spiro atoms. The van der Waals surface area contributed by atoms with E-state index in [0.29, 0.717) is 5.92 Å². The summed E-state index contributed by atoms with van der Waals surface area (Å²) in [5.41, 5.74) is 1.10. The molecule has 1 fully saturated rings. The van der Waals surface area contributed by atoms with Crippen molar-refractivity contribution in [1.29, 1.82) is 0 Å². The Labute approximate surface area is 147 Å². The predicted octanol–water partition coefficient (Wildman–Crippen LogP) is 2.92. The highest BCUT2D eigenvalue weighted by molar-refractivity contribution is 5.83. The van der Waals surface area contributed by atoms with Gasteiger partial charge in [-0.05, 0) is 51.4 Å². The molecule has 0 saturated carbocycles. The average molecular weight is 332 g/mol. The molecule has 1 amide bonds. The van der Waals surface area contributed by atoms with Gasteiger partial charge in [0.25, 0.3) is 0 Å². The Morgan fingerprint density at radius 2 is 1.92 bits per heavy atom. The summed E-state index contributed by atoms with van der Waals surface area (Å²) in [6.45, 7) is 13.8. The van der Waals surface area contributed by atoms with Gasteiger partial charge in [-0.25, -0.2) is 0 Å². The van der Waals surface area contributed by atoms with Gasteiger partial charge in [0, 0.05) is 19.1 Å². The molecular weight excluding hydrogens is 298 g/mol. The number of carbonyl (C=O) groups is 1. The van der Waals surface area contributed by atoms with Crippen molar-refractivity contribution in [2.24, 2.45) is 5.92 Å². The summed E-state index contributed by atoms with van der Waals surface area (Å²) in [4.78, 5) is 17.7. The summed E-state index contributed by atoms with van der Waals surface area (Å²) in [6.07, 6.45) is 1.18. The molecule has 24 heavy (non-hydrogen) atoms. The third kappa shape index (κ3) is 5.05. The van der Waals surface area contributed by atoms with E-state index in [-0.39, 0.29) is 18.0 Å². The molecule has 1 N–H and O–H groups in total. The molecule has 4 heteroatoms. The van der Waals surface area contributed by atoms with Crippen LogP contribution in [0.4, 0.5) is 0 Å². The summed E-state index contributed by atoms with van der Waals surface area (Å²) in [7, 11) is 0. The Hall–Kier alpha value is -1.39. The maximum absolute atomic E-state index is 12.8. The van der Waals surface area contributed by atoms with Gasteiger partial charge in [0.05, 0.1) is 0 Å². The molecule has 134 valence electrons. The standard InChI is InChI=1S/C20H33N3O/c1-5-22(6-2)14-17-12-13-23(15-17)19(20(24)21-16(3)4)18-10-8-7-9-11-18/h7-11,16-17,19H,5-6,12-15H2,1-4H3,(H,21,24)/t17-,19-/m1/s1. The van der Waals surface area contributed by atoms with Gasteiger partial charge in [-0.2, -0.15) is 0 Å². The van der Waals surface area contributed by atoms with Crippen LogP contribution >= 0.6 is 0 Å². The molecule has 1 aliphatic rings. The van der Waals surface area contributed by atoms with Gasteiger partial charge in [0.2, 0.25) is 5.91 Å². The Kier molecular flexibility index (Phi) is 7.25. The van der Waals surface area contributed by atoms with Crippen molar-refractivity contribution in [2.45, 2.75) is 46.2 Å². The number of carbonyl (C=O) groups excluding carboxylic acids is 1. The summed E-state index contributed by atoms with van der Waals surface area (Å²) in [5, 5.41) is 3.11. The molecule has 0 aliphatic carbocycles. The first-order valence-corrected chi connectivity index (χ1v) is 9.36. The lowest BCUT2D eigenvalue weighted by Gasteiger charge is -2.29. The first kappa shape index (κ1) is 18.9. The number of likely N-dealkylation sites (tertiary alicyclic amines) is 1. The lowest BCUT2D eigenvalue weighted by Crippen LogP contribution is -2.42. The third-order valence-electron chi connectivity index (χ3n) is 4.89. The minimum absolute atomic E-state index is 0.125. The molecule has 0 unspecified atom stereocenters. The molecule has 0 bridgehead atoms. The van der Waals surface area contributed by atoms with Crippen LogP contribution in [0.3, 0.4) is 0 Å². The maximum atomic E-state index is 12.8. The number of benzene rings is 1. The van der Waals surface area contributed by atoms with Gasteiger partial charge in [-0.15, -0.1) is 0 Å². The summed E-state index contributed by atoms with van der Waals surface area (Å²) in [5.74, 6) is 0.780. The smallest absolute Gasteiger partial charge is 0.242 e. The zero-order valence-corrected chi connectivity index (χ0v) is 15.7. The van der Waals surface area contributed by atoms with Crippen molar-refractivity contribution in [3.63, 3.8) is 0 Å². The molecule has 0 aromatic heterocycles. The molecule has 4 nitrogen and oxygen atoms in total. The molecule has 1 saturated heterocycles. The third-order valence-corrected chi connectivity index (χ3v) is 4.89. The number of hydrogen-bond acceptors (Lipinski definition) is 3. The minimum atomic E-state index is -0.171. The van der Waals surface area contributed by atoms with Gasteiger partial charge >= 0.3 is 0 Å². The van der Waals surface area contributed by atoms with Crippen molar-refractivity contribution in [1.82, 2.24) is 15.1 Å². The number of nitrogens with one attached hydrogen (secondary N) is 1. The quantitative estimate of drug-likeness (QED) is 0.795. The van der Waals surface area contributed by atoms with Crippen LogP contribution in [0.15, 0.2) is 30.3 Å². The van der Waals surface area contributed by atoms with Crippen LogP contribution in [0, 0.1) is 5.92 Å². The van der Waals surface area contributed by atoms with E-state index in [1.54, 1.807) is 0 Å². The second-order valence-electron chi connectivity index (χ2n) is 7.11. The molecular formula is C20H33N3O. The van der Waals surface area contributed by atoms with Crippen molar-refractivity contribution in [3.8, 4) is 0 Å². The van der Waals surface area contributed by atoms with E-state index in [4.69, 9.17) is 0 Å². The van der Waals surface area contributed by atoms with Gasteiger partial charge in [-0.3, -0.25) is 9.69 Å². The van der Waals surface area contributed by atoms with Gasteiger partial charge in [0.1, 0.15) is 6.04 Å². The van der Waals surface area contributed by atoms with E-state index in [2.05, 4.69) is 41.1 Å². The van der Waals surface area contributed by atoms with Crippen LogP contribution in [-0.4, -0.2) is 54.5 Å².